The number of sulfonamides is 1. The maximum absolute atomic E-state index is 12.2. The molecule has 1 rings (SSSR count). The summed E-state index contributed by atoms with van der Waals surface area (Å²) in [4.78, 5) is 3.98. The fourth-order valence-electron chi connectivity index (χ4n) is 1.96. The minimum Gasteiger partial charge on any atom is -0.336 e. The molecular formula is C13H26N4O2S. The van der Waals surface area contributed by atoms with Gasteiger partial charge >= 0.3 is 0 Å². The van der Waals surface area contributed by atoms with Gasteiger partial charge in [0.2, 0.25) is 0 Å². The summed E-state index contributed by atoms with van der Waals surface area (Å²) in [6.07, 6.45) is 5.83. The second kappa shape index (κ2) is 7.75. The van der Waals surface area contributed by atoms with Crippen molar-refractivity contribution in [1.29, 1.82) is 0 Å². The second-order valence-corrected chi connectivity index (χ2v) is 7.16. The van der Waals surface area contributed by atoms with E-state index in [0.29, 0.717) is 12.5 Å². The van der Waals surface area contributed by atoms with Gasteiger partial charge in [0.05, 0.1) is 6.33 Å². The first kappa shape index (κ1) is 17.1. The number of nitrogens with one attached hydrogen (secondary N) is 1. The number of unbranched alkanes of at least 4 members (excludes halogenated alkanes) is 1. The first-order chi connectivity index (χ1) is 9.39. The van der Waals surface area contributed by atoms with Crippen molar-refractivity contribution in [3.05, 3.63) is 12.5 Å². The Labute approximate surface area is 121 Å². The van der Waals surface area contributed by atoms with Crippen LogP contribution in [0.4, 0.5) is 0 Å². The van der Waals surface area contributed by atoms with E-state index in [9.17, 15) is 8.42 Å². The molecule has 0 aliphatic carbocycles. The van der Waals surface area contributed by atoms with E-state index in [2.05, 4.69) is 30.5 Å². The smallest absolute Gasteiger partial charge is 0.259 e. The van der Waals surface area contributed by atoms with Crippen LogP contribution in [-0.2, 0) is 16.6 Å². The molecule has 0 aliphatic heterocycles. The molecule has 6 nitrogen and oxygen atoms in total. The van der Waals surface area contributed by atoms with E-state index >= 15 is 0 Å². The molecule has 7 heteroatoms. The zero-order chi connectivity index (χ0) is 15.2. The Morgan fingerprint density at radius 3 is 2.70 bits per heavy atom. The molecule has 20 heavy (non-hydrogen) atoms. The van der Waals surface area contributed by atoms with Crippen LogP contribution in [0, 0.1) is 5.92 Å². The van der Waals surface area contributed by atoms with Crippen molar-refractivity contribution >= 4 is 10.0 Å². The number of rotatable bonds is 9. The van der Waals surface area contributed by atoms with E-state index in [1.54, 1.807) is 17.1 Å². The van der Waals surface area contributed by atoms with Gasteiger partial charge in [0.15, 0.2) is 5.03 Å². The highest BCUT2D eigenvalue weighted by Gasteiger charge is 2.21. The summed E-state index contributed by atoms with van der Waals surface area (Å²) in [5.41, 5.74) is 5.62. The molecule has 3 N–H and O–H groups in total. The number of hydrogen-bond donors (Lipinski definition) is 2. The summed E-state index contributed by atoms with van der Waals surface area (Å²) in [5.74, 6) is 0.439. The van der Waals surface area contributed by atoms with E-state index < -0.39 is 10.0 Å². The molecule has 0 aromatic carbocycles. The summed E-state index contributed by atoms with van der Waals surface area (Å²) in [5, 5.41) is 0.0631. The molecule has 0 saturated carbocycles. The van der Waals surface area contributed by atoms with Crippen molar-refractivity contribution < 1.29 is 8.42 Å². The Kier molecular flexibility index (Phi) is 6.64. The Morgan fingerprint density at radius 2 is 2.15 bits per heavy atom. The normalized spacial score (nSPS) is 13.8. The fraction of sp³-hybridized carbons (Fsp3) is 0.769. The quantitative estimate of drug-likeness (QED) is 0.720. The van der Waals surface area contributed by atoms with Gasteiger partial charge < -0.3 is 10.3 Å². The summed E-state index contributed by atoms with van der Waals surface area (Å²) < 4.78 is 28.9. The third-order valence-corrected chi connectivity index (χ3v) is 4.38. The van der Waals surface area contributed by atoms with Crippen LogP contribution in [0.25, 0.3) is 0 Å². The monoisotopic (exact) mass is 302 g/mol. The van der Waals surface area contributed by atoms with Gasteiger partial charge in [-0.1, -0.05) is 33.6 Å². The molecule has 0 bridgehead atoms. The zero-order valence-electron chi connectivity index (χ0n) is 12.5. The average molecular weight is 302 g/mol. The third-order valence-electron chi connectivity index (χ3n) is 2.97. The molecule has 0 aliphatic rings. The highest BCUT2D eigenvalue weighted by Crippen LogP contribution is 2.10. The lowest BCUT2D eigenvalue weighted by Gasteiger charge is -2.15. The zero-order valence-corrected chi connectivity index (χ0v) is 13.4. The highest BCUT2D eigenvalue weighted by atomic mass is 32.2. The summed E-state index contributed by atoms with van der Waals surface area (Å²) in [6, 6.07) is -0.227. The second-order valence-electron chi connectivity index (χ2n) is 5.50. The minimum absolute atomic E-state index is 0.0631. The summed E-state index contributed by atoms with van der Waals surface area (Å²) >= 11 is 0. The van der Waals surface area contributed by atoms with Crippen LogP contribution in [0.1, 0.15) is 40.0 Å². The molecule has 0 fully saturated rings. The molecular weight excluding hydrogens is 276 g/mol. The summed E-state index contributed by atoms with van der Waals surface area (Å²) in [7, 11) is -3.58. The Hall–Kier alpha value is -0.920. The number of hydrogen-bond acceptors (Lipinski definition) is 4. The molecule has 0 radical (unpaired) electrons. The van der Waals surface area contributed by atoms with Gasteiger partial charge in [0.1, 0.15) is 0 Å². The van der Waals surface area contributed by atoms with Crippen molar-refractivity contribution in [2.45, 2.75) is 57.6 Å². The molecule has 1 heterocycles. The van der Waals surface area contributed by atoms with Crippen LogP contribution in [0.2, 0.25) is 0 Å². The fourth-order valence-corrected chi connectivity index (χ4v) is 3.19. The standard InChI is InChI=1S/C13H26N4O2S/c1-4-5-6-12(7-14)16-20(18,19)13-9-17(10-15-13)8-11(2)3/h9-12,16H,4-8,14H2,1-3H3. The van der Waals surface area contributed by atoms with E-state index in [-0.39, 0.29) is 11.1 Å². The average Bonchev–Trinajstić information content (AvgIpc) is 2.82. The lowest BCUT2D eigenvalue weighted by atomic mass is 10.1. The number of aromatic nitrogens is 2. The molecule has 116 valence electrons. The predicted octanol–water partition coefficient (Wildman–Crippen LogP) is 1.33. The Morgan fingerprint density at radius 1 is 1.45 bits per heavy atom. The molecule has 1 atom stereocenters. The number of nitrogens with two attached hydrogens (primary N) is 1. The number of imidazole rings is 1. The minimum atomic E-state index is -3.58. The van der Waals surface area contributed by atoms with Crippen LogP contribution < -0.4 is 10.5 Å². The lowest BCUT2D eigenvalue weighted by molar-refractivity contribution is 0.512. The van der Waals surface area contributed by atoms with Crippen LogP contribution in [0.15, 0.2) is 17.6 Å². The van der Waals surface area contributed by atoms with E-state index in [0.717, 1.165) is 25.8 Å². The summed E-state index contributed by atoms with van der Waals surface area (Å²) in [6.45, 7) is 7.25. The SMILES string of the molecule is CCCCC(CN)NS(=O)(=O)c1cn(CC(C)C)cn1. The van der Waals surface area contributed by atoms with Crippen LogP contribution >= 0.6 is 0 Å². The topological polar surface area (TPSA) is 90.0 Å². The third kappa shape index (κ3) is 5.22. The molecule has 0 saturated heterocycles. The highest BCUT2D eigenvalue weighted by molar-refractivity contribution is 7.89. The molecule has 0 spiro atoms. The van der Waals surface area contributed by atoms with Crippen LogP contribution in [0.5, 0.6) is 0 Å². The maximum atomic E-state index is 12.2. The molecule has 0 amide bonds. The maximum Gasteiger partial charge on any atom is 0.259 e. The first-order valence-electron chi connectivity index (χ1n) is 7.13. The van der Waals surface area contributed by atoms with E-state index in [1.807, 2.05) is 0 Å². The van der Waals surface area contributed by atoms with Gasteiger partial charge in [0.25, 0.3) is 10.0 Å². The molecule has 1 unspecified atom stereocenters. The molecule has 1 aromatic rings. The van der Waals surface area contributed by atoms with Gasteiger partial charge in [-0.25, -0.2) is 18.1 Å². The van der Waals surface area contributed by atoms with Crippen molar-refractivity contribution in [2.24, 2.45) is 11.7 Å². The van der Waals surface area contributed by atoms with Crippen molar-refractivity contribution in [1.82, 2.24) is 14.3 Å². The van der Waals surface area contributed by atoms with E-state index in [1.165, 1.54) is 0 Å². The van der Waals surface area contributed by atoms with Gasteiger partial charge in [-0.3, -0.25) is 0 Å². The van der Waals surface area contributed by atoms with Gasteiger partial charge in [0, 0.05) is 25.3 Å². The van der Waals surface area contributed by atoms with Crippen LogP contribution in [0.3, 0.4) is 0 Å². The van der Waals surface area contributed by atoms with Gasteiger partial charge in [-0.15, -0.1) is 0 Å². The lowest BCUT2D eigenvalue weighted by Crippen LogP contribution is -2.40. The first-order valence-corrected chi connectivity index (χ1v) is 8.61. The predicted molar refractivity (Wildman–Crippen MR) is 79.8 cm³/mol. The van der Waals surface area contributed by atoms with Crippen molar-refractivity contribution in [2.75, 3.05) is 6.54 Å². The number of nitrogens with zero attached hydrogens (tertiary/aromatic N) is 2. The van der Waals surface area contributed by atoms with Crippen molar-refractivity contribution in [3.63, 3.8) is 0 Å². The van der Waals surface area contributed by atoms with E-state index in [4.69, 9.17) is 5.73 Å². The Bertz CT molecular complexity index is 496. The van der Waals surface area contributed by atoms with Gasteiger partial charge in [-0.05, 0) is 12.3 Å². The Balaban J connectivity index is 2.74. The van der Waals surface area contributed by atoms with Crippen LogP contribution in [-0.4, -0.2) is 30.6 Å². The van der Waals surface area contributed by atoms with Gasteiger partial charge in [-0.2, -0.15) is 0 Å². The molecule has 1 aromatic heterocycles. The largest absolute Gasteiger partial charge is 0.336 e. The van der Waals surface area contributed by atoms with Crippen molar-refractivity contribution in [3.8, 4) is 0 Å².